The Bertz CT molecular complexity index is 855. The molecule has 0 N–H and O–H groups in total. The van der Waals surface area contributed by atoms with Crippen molar-refractivity contribution in [2.45, 2.75) is 39.5 Å². The lowest BCUT2D eigenvalue weighted by atomic mass is 10.0. The van der Waals surface area contributed by atoms with Gasteiger partial charge in [0.25, 0.3) is 0 Å². The van der Waals surface area contributed by atoms with Crippen LogP contribution >= 0.6 is 0 Å². The number of rotatable bonds is 4. The van der Waals surface area contributed by atoms with Crippen LogP contribution in [0.2, 0.25) is 0 Å². The Morgan fingerprint density at radius 1 is 1.10 bits per heavy atom. The molecule has 3 rings (SSSR count). The molecule has 2 heterocycles. The zero-order valence-electron chi connectivity index (χ0n) is 12.9. The summed E-state index contributed by atoms with van der Waals surface area (Å²) >= 11 is 0. The molecule has 0 aliphatic carbocycles. The van der Waals surface area contributed by atoms with Crippen LogP contribution in [0.4, 0.5) is 0 Å². The summed E-state index contributed by atoms with van der Waals surface area (Å²) in [6.45, 7) is 4.27. The summed E-state index contributed by atoms with van der Waals surface area (Å²) in [6.07, 6.45) is 3.79. The first kappa shape index (κ1) is 13.9. The van der Waals surface area contributed by atoms with Crippen LogP contribution in [0.25, 0.3) is 21.8 Å². The van der Waals surface area contributed by atoms with Gasteiger partial charge < -0.3 is 8.98 Å². The van der Waals surface area contributed by atoms with Crippen molar-refractivity contribution in [3.8, 4) is 0 Å². The van der Waals surface area contributed by atoms with Crippen molar-refractivity contribution in [3.05, 3.63) is 46.0 Å². The Morgan fingerprint density at radius 2 is 1.81 bits per heavy atom. The molecule has 0 aliphatic rings. The molecular weight excluding hydrogens is 262 g/mol. The van der Waals surface area contributed by atoms with E-state index in [0.717, 1.165) is 53.2 Å². The molecule has 3 heteroatoms. The number of nitrogens with zero attached hydrogens (tertiary/aromatic N) is 1. The van der Waals surface area contributed by atoms with Crippen LogP contribution in [0, 0.1) is 0 Å². The van der Waals surface area contributed by atoms with Crippen LogP contribution in [0.3, 0.4) is 0 Å². The molecule has 2 aromatic heterocycles. The lowest BCUT2D eigenvalue weighted by Crippen LogP contribution is -2.08. The van der Waals surface area contributed by atoms with Crippen molar-refractivity contribution in [3.63, 3.8) is 0 Å². The average molecular weight is 283 g/mol. The average Bonchev–Trinajstić information content (AvgIpc) is 2.78. The maximum absolute atomic E-state index is 12.5. The van der Waals surface area contributed by atoms with E-state index in [9.17, 15) is 4.79 Å². The van der Waals surface area contributed by atoms with Crippen LogP contribution in [0.5, 0.6) is 0 Å². The molecule has 0 unspecified atom stereocenters. The van der Waals surface area contributed by atoms with Crippen molar-refractivity contribution in [1.82, 2.24) is 4.57 Å². The number of aromatic nitrogens is 1. The summed E-state index contributed by atoms with van der Waals surface area (Å²) in [5.74, 6) is 0.864. The highest BCUT2D eigenvalue weighted by Crippen LogP contribution is 2.30. The molecule has 110 valence electrons. The first-order valence-corrected chi connectivity index (χ1v) is 7.71. The van der Waals surface area contributed by atoms with E-state index in [-0.39, 0.29) is 5.63 Å². The maximum Gasteiger partial charge on any atom is 0.346 e. The molecule has 21 heavy (non-hydrogen) atoms. The van der Waals surface area contributed by atoms with Gasteiger partial charge in [-0.05, 0) is 18.9 Å². The molecule has 0 radical (unpaired) electrons. The van der Waals surface area contributed by atoms with Gasteiger partial charge in [-0.15, -0.1) is 0 Å². The molecule has 0 aliphatic heterocycles. The predicted octanol–water partition coefficient (Wildman–Crippen LogP) is 4.19. The third-order valence-corrected chi connectivity index (χ3v) is 4.13. The molecular formula is C18H21NO2. The fourth-order valence-corrected chi connectivity index (χ4v) is 3.25. The molecule has 1 aromatic carbocycles. The van der Waals surface area contributed by atoms with Gasteiger partial charge in [-0.3, -0.25) is 0 Å². The first-order valence-electron chi connectivity index (χ1n) is 7.71. The molecule has 0 saturated carbocycles. The molecule has 0 amide bonds. The predicted molar refractivity (Wildman–Crippen MR) is 87.0 cm³/mol. The monoisotopic (exact) mass is 283 g/mol. The van der Waals surface area contributed by atoms with Gasteiger partial charge in [0.15, 0.2) is 0 Å². The van der Waals surface area contributed by atoms with Crippen LogP contribution in [-0.4, -0.2) is 4.57 Å². The molecule has 0 atom stereocenters. The van der Waals surface area contributed by atoms with Gasteiger partial charge in [0, 0.05) is 29.9 Å². The van der Waals surface area contributed by atoms with Crippen molar-refractivity contribution < 1.29 is 4.42 Å². The second-order valence-corrected chi connectivity index (χ2v) is 5.59. The van der Waals surface area contributed by atoms with Gasteiger partial charge in [-0.25, -0.2) is 4.79 Å². The lowest BCUT2D eigenvalue weighted by Gasteiger charge is -2.10. The second kappa shape index (κ2) is 5.40. The molecule has 3 nitrogen and oxygen atoms in total. The highest BCUT2D eigenvalue weighted by Gasteiger charge is 2.19. The topological polar surface area (TPSA) is 35.1 Å². The van der Waals surface area contributed by atoms with E-state index in [1.165, 1.54) is 5.56 Å². The minimum absolute atomic E-state index is 0.204. The Morgan fingerprint density at radius 3 is 2.52 bits per heavy atom. The zero-order chi connectivity index (χ0) is 15.0. The third kappa shape index (κ3) is 2.08. The minimum Gasteiger partial charge on any atom is -0.427 e. The van der Waals surface area contributed by atoms with E-state index in [1.54, 1.807) is 0 Å². The van der Waals surface area contributed by atoms with Crippen LogP contribution in [-0.2, 0) is 19.9 Å². The third-order valence-electron chi connectivity index (χ3n) is 4.13. The number of para-hydroxylation sites is 1. The summed E-state index contributed by atoms with van der Waals surface area (Å²) < 4.78 is 7.81. The fraction of sp³-hybridized carbons (Fsp3) is 0.389. The summed E-state index contributed by atoms with van der Waals surface area (Å²) in [6, 6.07) is 8.05. The van der Waals surface area contributed by atoms with E-state index < -0.39 is 0 Å². The largest absolute Gasteiger partial charge is 0.427 e. The van der Waals surface area contributed by atoms with Crippen molar-refractivity contribution in [2.75, 3.05) is 0 Å². The summed E-state index contributed by atoms with van der Waals surface area (Å²) in [4.78, 5) is 12.5. The first-order chi connectivity index (χ1) is 10.2. The smallest absolute Gasteiger partial charge is 0.346 e. The van der Waals surface area contributed by atoms with Crippen LogP contribution in [0.15, 0.2) is 33.5 Å². The summed E-state index contributed by atoms with van der Waals surface area (Å²) in [5, 5.41) is 1.72. The Labute approximate surface area is 124 Å². The number of hydrogen-bond donors (Lipinski definition) is 0. The van der Waals surface area contributed by atoms with Gasteiger partial charge in [0.1, 0.15) is 5.76 Å². The normalized spacial score (nSPS) is 11.6. The van der Waals surface area contributed by atoms with Gasteiger partial charge in [0.05, 0.1) is 10.9 Å². The highest BCUT2D eigenvalue weighted by atomic mass is 16.4. The van der Waals surface area contributed by atoms with Gasteiger partial charge in [-0.2, -0.15) is 0 Å². The SMILES string of the molecule is CCCc1oc(=O)c2c3ccccc3n(C)c2c1CCC. The Kier molecular flexibility index (Phi) is 3.58. The van der Waals surface area contributed by atoms with Crippen molar-refractivity contribution in [2.24, 2.45) is 7.05 Å². The van der Waals surface area contributed by atoms with E-state index in [0.29, 0.717) is 0 Å². The van der Waals surface area contributed by atoms with Crippen molar-refractivity contribution >= 4 is 21.8 Å². The van der Waals surface area contributed by atoms with E-state index >= 15 is 0 Å². The molecule has 0 spiro atoms. The highest BCUT2D eigenvalue weighted by molar-refractivity contribution is 6.08. The van der Waals surface area contributed by atoms with E-state index in [4.69, 9.17) is 4.42 Å². The lowest BCUT2D eigenvalue weighted by molar-refractivity contribution is 0.456. The van der Waals surface area contributed by atoms with Crippen molar-refractivity contribution in [1.29, 1.82) is 0 Å². The standard InChI is InChI=1S/C18H21NO2/c1-4-8-13-15(9-5-2)21-18(20)16-12-10-6-7-11-14(12)19(3)17(13)16/h6-7,10-11H,4-5,8-9H2,1-3H3. The maximum atomic E-state index is 12.5. The fourth-order valence-electron chi connectivity index (χ4n) is 3.25. The molecule has 0 saturated heterocycles. The zero-order valence-corrected chi connectivity index (χ0v) is 12.9. The van der Waals surface area contributed by atoms with Crippen LogP contribution in [0.1, 0.15) is 38.0 Å². The second-order valence-electron chi connectivity index (χ2n) is 5.59. The van der Waals surface area contributed by atoms with Crippen LogP contribution < -0.4 is 5.63 Å². The van der Waals surface area contributed by atoms with E-state index in [2.05, 4.69) is 24.5 Å². The quantitative estimate of drug-likeness (QED) is 0.719. The van der Waals surface area contributed by atoms with E-state index in [1.807, 2.05) is 25.2 Å². The Balaban J connectivity index is 2.51. The van der Waals surface area contributed by atoms with Gasteiger partial charge in [0.2, 0.25) is 0 Å². The molecule has 0 bridgehead atoms. The number of fused-ring (bicyclic) bond motifs is 3. The minimum atomic E-state index is -0.204. The van der Waals surface area contributed by atoms with Gasteiger partial charge >= 0.3 is 5.63 Å². The number of hydrogen-bond acceptors (Lipinski definition) is 2. The number of benzene rings is 1. The summed E-state index contributed by atoms with van der Waals surface area (Å²) in [5.41, 5.74) is 3.14. The Hall–Kier alpha value is -2.03. The molecule has 0 fully saturated rings. The summed E-state index contributed by atoms with van der Waals surface area (Å²) in [7, 11) is 2.04. The number of aryl methyl sites for hydroxylation is 3. The molecule has 3 aromatic rings. The van der Waals surface area contributed by atoms with Gasteiger partial charge in [-0.1, -0.05) is 38.5 Å².